The monoisotopic (exact) mass is 479 g/mol. The van der Waals surface area contributed by atoms with Crippen LogP contribution in [-0.4, -0.2) is 15.9 Å². The van der Waals surface area contributed by atoms with Crippen LogP contribution in [0.5, 0.6) is 0 Å². The third kappa shape index (κ3) is 6.36. The standard InChI is InChI=1S/C13H8Cl7N5/c14-6-1-3-7(4-2-6)22-10(21)25-11-23-8(12(15,16)17)5-9(24-11)13(18,19)20/h1-5H,(H3,21,22,23,24,25). The number of anilines is 1. The molecule has 0 aliphatic carbocycles. The molecule has 0 amide bonds. The average molecular weight is 482 g/mol. The van der Waals surface area contributed by atoms with E-state index >= 15 is 0 Å². The fraction of sp³-hybridized carbons (Fsp3) is 0.154. The van der Waals surface area contributed by atoms with Crippen molar-refractivity contribution < 1.29 is 0 Å². The molecule has 2 aromatic rings. The number of rotatable bonds is 2. The lowest BCUT2D eigenvalue weighted by Gasteiger charge is -2.15. The molecular weight excluding hydrogens is 474 g/mol. The van der Waals surface area contributed by atoms with Crippen molar-refractivity contribution in [1.29, 1.82) is 0 Å². The number of nitrogens with two attached hydrogens (primary N) is 1. The summed E-state index contributed by atoms with van der Waals surface area (Å²) in [6, 6.07) is 8.02. The Bertz CT molecular complexity index is 749. The SMILES string of the molecule is N/C(=N\c1nc(C(Cl)(Cl)Cl)cc(C(Cl)(Cl)Cl)n1)Nc1ccc(Cl)cc1. The molecule has 0 fully saturated rings. The van der Waals surface area contributed by atoms with Gasteiger partial charge in [-0.1, -0.05) is 81.2 Å². The van der Waals surface area contributed by atoms with Crippen LogP contribution < -0.4 is 11.1 Å². The van der Waals surface area contributed by atoms with Gasteiger partial charge < -0.3 is 11.1 Å². The van der Waals surface area contributed by atoms with Crippen molar-refractivity contribution in [3.8, 4) is 0 Å². The summed E-state index contributed by atoms with van der Waals surface area (Å²) < 4.78 is -3.73. The molecule has 0 saturated heterocycles. The van der Waals surface area contributed by atoms with Crippen LogP contribution >= 0.6 is 81.2 Å². The second-order valence-electron chi connectivity index (χ2n) is 4.56. The minimum Gasteiger partial charge on any atom is -0.369 e. The number of nitrogens with one attached hydrogen (secondary N) is 1. The van der Waals surface area contributed by atoms with E-state index in [1.807, 2.05) is 0 Å². The molecule has 1 aromatic carbocycles. The average Bonchev–Trinajstić information content (AvgIpc) is 2.47. The third-order valence-corrected chi connectivity index (χ3v) is 4.05. The Morgan fingerprint density at radius 1 is 0.920 bits per heavy atom. The largest absolute Gasteiger partial charge is 0.369 e. The highest BCUT2D eigenvalue weighted by atomic mass is 35.6. The summed E-state index contributed by atoms with van der Waals surface area (Å²) in [5, 5.41) is 3.40. The number of hydrogen-bond acceptors (Lipinski definition) is 3. The molecule has 0 saturated carbocycles. The molecule has 1 aromatic heterocycles. The predicted molar refractivity (Wildman–Crippen MR) is 107 cm³/mol. The van der Waals surface area contributed by atoms with Crippen LogP contribution in [0.2, 0.25) is 5.02 Å². The lowest BCUT2D eigenvalue weighted by Crippen LogP contribution is -2.22. The van der Waals surface area contributed by atoms with Gasteiger partial charge in [0.25, 0.3) is 5.95 Å². The van der Waals surface area contributed by atoms with E-state index in [1.165, 1.54) is 6.07 Å². The van der Waals surface area contributed by atoms with Crippen LogP contribution in [0, 0.1) is 0 Å². The van der Waals surface area contributed by atoms with Gasteiger partial charge in [-0.3, -0.25) is 0 Å². The summed E-state index contributed by atoms with van der Waals surface area (Å²) in [5.41, 5.74) is 6.42. The van der Waals surface area contributed by atoms with Crippen LogP contribution in [0.25, 0.3) is 0 Å². The lowest BCUT2D eigenvalue weighted by molar-refractivity contribution is 0.961. The highest BCUT2D eigenvalue weighted by molar-refractivity contribution is 6.67. The van der Waals surface area contributed by atoms with Crippen LogP contribution in [0.1, 0.15) is 11.4 Å². The Morgan fingerprint density at radius 2 is 1.40 bits per heavy atom. The van der Waals surface area contributed by atoms with Crippen LogP contribution in [-0.2, 0) is 7.59 Å². The van der Waals surface area contributed by atoms with E-state index in [0.717, 1.165) is 0 Å². The Kier molecular flexibility index (Phi) is 6.77. The minimum absolute atomic E-state index is 0.0214. The normalized spacial score (nSPS) is 13.0. The molecular formula is C13H8Cl7N5. The lowest BCUT2D eigenvalue weighted by atomic mass is 10.3. The van der Waals surface area contributed by atoms with Gasteiger partial charge in [0.05, 0.1) is 11.4 Å². The van der Waals surface area contributed by atoms with Crippen LogP contribution in [0.15, 0.2) is 35.3 Å². The minimum atomic E-state index is -1.86. The first-order chi connectivity index (χ1) is 11.4. The summed E-state index contributed by atoms with van der Waals surface area (Å²) in [6.45, 7) is 0. The zero-order valence-electron chi connectivity index (χ0n) is 12.0. The summed E-state index contributed by atoms with van der Waals surface area (Å²) in [4.78, 5) is 12.0. The van der Waals surface area contributed by atoms with Crippen LogP contribution in [0.3, 0.4) is 0 Å². The quantitative estimate of drug-likeness (QED) is 0.320. The van der Waals surface area contributed by atoms with E-state index in [4.69, 9.17) is 86.9 Å². The molecule has 3 N–H and O–H groups in total. The van der Waals surface area contributed by atoms with Crippen molar-refractivity contribution in [3.05, 3.63) is 46.7 Å². The van der Waals surface area contributed by atoms with Gasteiger partial charge in [-0.2, -0.15) is 4.99 Å². The number of halogens is 7. The van der Waals surface area contributed by atoms with Gasteiger partial charge in [-0.05, 0) is 30.3 Å². The predicted octanol–water partition coefficient (Wildman–Crippen LogP) is 5.84. The first-order valence-electron chi connectivity index (χ1n) is 6.35. The Labute approximate surface area is 178 Å². The van der Waals surface area contributed by atoms with Gasteiger partial charge in [0.15, 0.2) is 0 Å². The fourth-order valence-corrected chi connectivity index (χ4v) is 2.30. The van der Waals surface area contributed by atoms with E-state index in [1.54, 1.807) is 24.3 Å². The topological polar surface area (TPSA) is 76.2 Å². The number of nitrogens with zero attached hydrogens (tertiary/aromatic N) is 3. The van der Waals surface area contributed by atoms with E-state index in [9.17, 15) is 0 Å². The zero-order valence-corrected chi connectivity index (χ0v) is 17.2. The van der Waals surface area contributed by atoms with E-state index in [-0.39, 0.29) is 23.3 Å². The number of guanidine groups is 1. The number of alkyl halides is 6. The number of aliphatic imine (C=N–C) groups is 1. The maximum atomic E-state index is 5.84. The van der Waals surface area contributed by atoms with Gasteiger partial charge in [0.1, 0.15) is 0 Å². The molecule has 0 bridgehead atoms. The second kappa shape index (κ2) is 8.09. The van der Waals surface area contributed by atoms with E-state index in [2.05, 4.69) is 20.3 Å². The zero-order chi connectivity index (χ0) is 18.8. The molecule has 1 heterocycles. The number of aromatic nitrogens is 2. The molecule has 5 nitrogen and oxygen atoms in total. The maximum absolute atomic E-state index is 5.84. The van der Waals surface area contributed by atoms with Gasteiger partial charge in [0, 0.05) is 10.7 Å². The van der Waals surface area contributed by atoms with E-state index < -0.39 is 7.59 Å². The molecule has 25 heavy (non-hydrogen) atoms. The van der Waals surface area contributed by atoms with Crippen LogP contribution in [0.4, 0.5) is 11.6 Å². The van der Waals surface area contributed by atoms with Crippen molar-refractivity contribution in [2.75, 3.05) is 5.32 Å². The molecule has 0 spiro atoms. The second-order valence-corrected chi connectivity index (χ2v) is 9.56. The highest BCUT2D eigenvalue weighted by Gasteiger charge is 2.32. The van der Waals surface area contributed by atoms with Gasteiger partial charge >= 0.3 is 0 Å². The first-order valence-corrected chi connectivity index (χ1v) is 9.00. The summed E-state index contributed by atoms with van der Waals surface area (Å²) >= 11 is 40.8. The van der Waals surface area contributed by atoms with Crippen molar-refractivity contribution in [2.24, 2.45) is 10.7 Å². The van der Waals surface area contributed by atoms with Crippen molar-refractivity contribution in [1.82, 2.24) is 9.97 Å². The summed E-state index contributed by atoms with van der Waals surface area (Å²) in [5.74, 6) is -0.178. The molecule has 0 unspecified atom stereocenters. The smallest absolute Gasteiger partial charge is 0.253 e. The van der Waals surface area contributed by atoms with Crippen molar-refractivity contribution >= 4 is 98.8 Å². The molecule has 12 heteroatoms. The summed E-state index contributed by atoms with van der Waals surface area (Å²) in [6.07, 6.45) is 0. The fourth-order valence-electron chi connectivity index (χ4n) is 1.59. The van der Waals surface area contributed by atoms with Gasteiger partial charge in [0.2, 0.25) is 13.5 Å². The highest BCUT2D eigenvalue weighted by Crippen LogP contribution is 2.42. The Balaban J connectivity index is 2.38. The van der Waals surface area contributed by atoms with E-state index in [0.29, 0.717) is 10.7 Å². The molecule has 0 aliphatic rings. The molecule has 134 valence electrons. The summed E-state index contributed by atoms with van der Waals surface area (Å²) in [7, 11) is 0. The Hall–Kier alpha value is -0.400. The molecule has 0 atom stereocenters. The molecule has 0 radical (unpaired) electrons. The molecule has 0 aliphatic heterocycles. The number of hydrogen-bond donors (Lipinski definition) is 2. The first kappa shape index (κ1) is 20.9. The molecule has 2 rings (SSSR count). The van der Waals surface area contributed by atoms with Gasteiger partial charge in [-0.15, -0.1) is 0 Å². The van der Waals surface area contributed by atoms with Crippen molar-refractivity contribution in [2.45, 2.75) is 7.59 Å². The van der Waals surface area contributed by atoms with Gasteiger partial charge in [-0.25, -0.2) is 9.97 Å². The van der Waals surface area contributed by atoms with Crippen molar-refractivity contribution in [3.63, 3.8) is 0 Å². The number of benzene rings is 1. The maximum Gasteiger partial charge on any atom is 0.253 e. The Morgan fingerprint density at radius 3 is 1.84 bits per heavy atom. The third-order valence-electron chi connectivity index (χ3n) is 2.63.